The van der Waals surface area contributed by atoms with Gasteiger partial charge >= 0.3 is 0 Å². The van der Waals surface area contributed by atoms with Crippen LogP contribution in [0.15, 0.2) is 24.3 Å². The van der Waals surface area contributed by atoms with Gasteiger partial charge in [0.25, 0.3) is 5.91 Å². The summed E-state index contributed by atoms with van der Waals surface area (Å²) < 4.78 is 12.6. The summed E-state index contributed by atoms with van der Waals surface area (Å²) in [6.07, 6.45) is 0. The fourth-order valence-electron chi connectivity index (χ4n) is 1.21. The van der Waals surface area contributed by atoms with Crippen LogP contribution in [0.3, 0.4) is 0 Å². The van der Waals surface area contributed by atoms with Crippen LogP contribution in [-0.4, -0.2) is 43.8 Å². The van der Waals surface area contributed by atoms with E-state index in [9.17, 15) is 14.0 Å². The van der Waals surface area contributed by atoms with Crippen LogP contribution >= 0.6 is 0 Å². The molecule has 0 aromatic heterocycles. The average Bonchev–Trinajstić information content (AvgIpc) is 2.28. The maximum atomic E-state index is 12.6. The number of Topliss-reactive ketones (excluding diaryl/α,β-unsaturated/α-hetero) is 1. The predicted octanol–water partition coefficient (Wildman–Crippen LogP) is 0.686. The quantitative estimate of drug-likeness (QED) is 0.606. The van der Waals surface area contributed by atoms with E-state index in [0.29, 0.717) is 13.1 Å². The second-order valence-corrected chi connectivity index (χ2v) is 3.90. The molecule has 1 rings (SSSR count). The summed E-state index contributed by atoms with van der Waals surface area (Å²) in [7, 11) is 3.74. The molecule has 0 bridgehead atoms. The Labute approximate surface area is 99.4 Å². The number of hydrogen-bond acceptors (Lipinski definition) is 3. The van der Waals surface area contributed by atoms with Crippen LogP contribution in [0.1, 0.15) is 10.4 Å². The molecule has 0 saturated heterocycles. The molecule has 4 nitrogen and oxygen atoms in total. The summed E-state index contributed by atoms with van der Waals surface area (Å²) in [5.74, 6) is -1.75. The normalized spacial score (nSPS) is 10.4. The highest BCUT2D eigenvalue weighted by Gasteiger charge is 2.15. The molecule has 0 spiro atoms. The maximum Gasteiger partial charge on any atom is 0.292 e. The number of nitrogens with one attached hydrogen (secondary N) is 1. The third-order valence-corrected chi connectivity index (χ3v) is 2.16. The van der Waals surface area contributed by atoms with Gasteiger partial charge in [0.15, 0.2) is 0 Å². The van der Waals surface area contributed by atoms with Gasteiger partial charge in [-0.3, -0.25) is 9.59 Å². The Bertz CT molecular complexity index is 401. The van der Waals surface area contributed by atoms with Crippen molar-refractivity contribution >= 4 is 11.7 Å². The fourth-order valence-corrected chi connectivity index (χ4v) is 1.21. The Morgan fingerprint density at radius 1 is 1.24 bits per heavy atom. The van der Waals surface area contributed by atoms with Crippen molar-refractivity contribution in [1.29, 1.82) is 0 Å². The van der Waals surface area contributed by atoms with Crippen LogP contribution in [0, 0.1) is 5.82 Å². The average molecular weight is 238 g/mol. The van der Waals surface area contributed by atoms with Crippen molar-refractivity contribution < 1.29 is 14.0 Å². The minimum atomic E-state index is -0.668. The van der Waals surface area contributed by atoms with Crippen LogP contribution in [0.4, 0.5) is 4.39 Å². The number of benzene rings is 1. The maximum absolute atomic E-state index is 12.6. The Balaban J connectivity index is 2.52. The van der Waals surface area contributed by atoms with Crippen molar-refractivity contribution in [2.75, 3.05) is 27.2 Å². The minimum absolute atomic E-state index is 0.189. The van der Waals surface area contributed by atoms with E-state index in [1.807, 2.05) is 19.0 Å². The number of likely N-dealkylation sites (N-methyl/N-ethyl adjacent to an activating group) is 1. The molecule has 0 aliphatic carbocycles. The highest BCUT2D eigenvalue weighted by atomic mass is 19.1. The fraction of sp³-hybridized carbons (Fsp3) is 0.333. The standard InChI is InChI=1S/C12H15FN2O2/c1-15(2)8-7-14-12(17)11(16)9-3-5-10(13)6-4-9/h3-6H,7-8H2,1-2H3,(H,14,17). The van der Waals surface area contributed by atoms with Gasteiger partial charge in [-0.05, 0) is 38.4 Å². The van der Waals surface area contributed by atoms with E-state index in [-0.39, 0.29) is 5.56 Å². The molecule has 92 valence electrons. The van der Waals surface area contributed by atoms with E-state index in [1.54, 1.807) is 0 Å². The van der Waals surface area contributed by atoms with Crippen molar-refractivity contribution in [2.24, 2.45) is 0 Å². The van der Waals surface area contributed by atoms with E-state index in [2.05, 4.69) is 5.32 Å². The van der Waals surface area contributed by atoms with Crippen molar-refractivity contribution in [1.82, 2.24) is 10.2 Å². The number of carbonyl (C=O) groups excluding carboxylic acids is 2. The van der Waals surface area contributed by atoms with Gasteiger partial charge in [-0.2, -0.15) is 0 Å². The summed E-state index contributed by atoms with van der Waals surface area (Å²) in [6.45, 7) is 1.06. The first-order valence-electron chi connectivity index (χ1n) is 5.23. The molecular weight excluding hydrogens is 223 g/mol. The van der Waals surface area contributed by atoms with E-state index in [1.165, 1.54) is 12.1 Å². The zero-order chi connectivity index (χ0) is 12.8. The number of hydrogen-bond donors (Lipinski definition) is 1. The smallest absolute Gasteiger partial charge is 0.292 e. The molecule has 0 heterocycles. The Kier molecular flexibility index (Phi) is 4.78. The van der Waals surface area contributed by atoms with Gasteiger partial charge in [0, 0.05) is 18.7 Å². The van der Waals surface area contributed by atoms with Crippen molar-refractivity contribution in [3.8, 4) is 0 Å². The van der Waals surface area contributed by atoms with E-state index < -0.39 is 17.5 Å². The molecule has 0 radical (unpaired) electrons. The van der Waals surface area contributed by atoms with E-state index in [4.69, 9.17) is 0 Å². The molecule has 0 aliphatic rings. The monoisotopic (exact) mass is 238 g/mol. The molecule has 1 amide bonds. The highest BCUT2D eigenvalue weighted by molar-refractivity contribution is 6.42. The number of halogens is 1. The van der Waals surface area contributed by atoms with E-state index >= 15 is 0 Å². The van der Waals surface area contributed by atoms with E-state index in [0.717, 1.165) is 12.1 Å². The molecule has 0 unspecified atom stereocenters. The number of nitrogens with zero attached hydrogens (tertiary/aromatic N) is 1. The molecule has 5 heteroatoms. The second-order valence-electron chi connectivity index (χ2n) is 3.90. The second kappa shape index (κ2) is 6.10. The van der Waals surface area contributed by atoms with Crippen LogP contribution in [0.5, 0.6) is 0 Å². The SMILES string of the molecule is CN(C)CCNC(=O)C(=O)c1ccc(F)cc1. The molecule has 17 heavy (non-hydrogen) atoms. The highest BCUT2D eigenvalue weighted by Crippen LogP contribution is 2.03. The Morgan fingerprint density at radius 2 is 1.82 bits per heavy atom. The topological polar surface area (TPSA) is 49.4 Å². The third-order valence-electron chi connectivity index (χ3n) is 2.16. The number of rotatable bonds is 5. The zero-order valence-corrected chi connectivity index (χ0v) is 9.87. The first-order valence-corrected chi connectivity index (χ1v) is 5.23. The lowest BCUT2D eigenvalue weighted by Crippen LogP contribution is -2.35. The van der Waals surface area contributed by atoms with Gasteiger partial charge in [-0.25, -0.2) is 4.39 Å². The van der Waals surface area contributed by atoms with Gasteiger partial charge in [-0.1, -0.05) is 0 Å². The summed E-state index contributed by atoms with van der Waals surface area (Å²) in [5, 5.41) is 2.50. The summed E-state index contributed by atoms with van der Waals surface area (Å²) >= 11 is 0. The number of amides is 1. The zero-order valence-electron chi connectivity index (χ0n) is 9.87. The van der Waals surface area contributed by atoms with Gasteiger partial charge < -0.3 is 10.2 Å². The predicted molar refractivity (Wildman–Crippen MR) is 62.3 cm³/mol. The lowest BCUT2D eigenvalue weighted by Gasteiger charge is -2.09. The molecule has 1 N–H and O–H groups in total. The molecule has 0 fully saturated rings. The van der Waals surface area contributed by atoms with Crippen LogP contribution in [-0.2, 0) is 4.79 Å². The molecule has 0 saturated carbocycles. The van der Waals surface area contributed by atoms with Crippen LogP contribution < -0.4 is 5.32 Å². The molecule has 1 aromatic rings. The summed E-state index contributed by atoms with van der Waals surface area (Å²) in [6, 6.07) is 4.90. The van der Waals surface area contributed by atoms with Crippen LogP contribution in [0.25, 0.3) is 0 Å². The van der Waals surface area contributed by atoms with Gasteiger partial charge in [0.2, 0.25) is 5.78 Å². The van der Waals surface area contributed by atoms with Gasteiger partial charge in [0.1, 0.15) is 5.82 Å². The largest absolute Gasteiger partial charge is 0.348 e. The van der Waals surface area contributed by atoms with Gasteiger partial charge in [-0.15, -0.1) is 0 Å². The Morgan fingerprint density at radius 3 is 2.35 bits per heavy atom. The summed E-state index contributed by atoms with van der Waals surface area (Å²) in [5.41, 5.74) is 0.189. The number of carbonyl (C=O) groups is 2. The third kappa shape index (κ3) is 4.32. The number of ketones is 1. The van der Waals surface area contributed by atoms with Crippen molar-refractivity contribution in [2.45, 2.75) is 0 Å². The molecule has 1 aromatic carbocycles. The lowest BCUT2D eigenvalue weighted by molar-refractivity contribution is -0.117. The van der Waals surface area contributed by atoms with Crippen molar-refractivity contribution in [3.63, 3.8) is 0 Å². The lowest BCUT2D eigenvalue weighted by atomic mass is 10.1. The minimum Gasteiger partial charge on any atom is -0.348 e. The molecular formula is C12H15FN2O2. The molecule has 0 atom stereocenters. The molecule has 0 aliphatic heterocycles. The van der Waals surface area contributed by atoms with Gasteiger partial charge in [0.05, 0.1) is 0 Å². The van der Waals surface area contributed by atoms with Crippen LogP contribution in [0.2, 0.25) is 0 Å². The Hall–Kier alpha value is -1.75. The first kappa shape index (κ1) is 13.3. The summed E-state index contributed by atoms with van der Waals surface area (Å²) in [4.78, 5) is 24.9. The van der Waals surface area contributed by atoms with Crippen molar-refractivity contribution in [3.05, 3.63) is 35.6 Å². The first-order chi connectivity index (χ1) is 8.00.